The molecular weight excluding hydrogens is 314 g/mol. The first-order chi connectivity index (χ1) is 12.3. The zero-order valence-electron chi connectivity index (χ0n) is 13.6. The molecule has 25 heavy (non-hydrogen) atoms. The van der Waals surface area contributed by atoms with Crippen molar-refractivity contribution in [2.75, 3.05) is 6.54 Å². The normalized spacial score (nSPS) is 11.5. The van der Waals surface area contributed by atoms with E-state index in [-0.39, 0.29) is 5.91 Å². The second kappa shape index (κ2) is 6.65. The molecule has 0 spiro atoms. The lowest BCUT2D eigenvalue weighted by atomic mass is 10.2. The SMILES string of the molecule is O=C(/C=C/c1cc2ccccc2o1)NCCc1cn2ccccc2n1. The molecule has 0 atom stereocenters. The van der Waals surface area contributed by atoms with Crippen LogP contribution in [-0.4, -0.2) is 21.8 Å². The number of furan rings is 1. The highest BCUT2D eigenvalue weighted by Gasteiger charge is 2.03. The zero-order valence-corrected chi connectivity index (χ0v) is 13.6. The summed E-state index contributed by atoms with van der Waals surface area (Å²) in [5.74, 6) is 0.515. The Labute approximate surface area is 144 Å². The number of benzene rings is 1. The van der Waals surface area contributed by atoms with Gasteiger partial charge in [-0.15, -0.1) is 0 Å². The molecule has 5 heteroatoms. The number of rotatable bonds is 5. The van der Waals surface area contributed by atoms with Gasteiger partial charge in [0.05, 0.1) is 5.69 Å². The average Bonchev–Trinajstić information content (AvgIpc) is 3.23. The largest absolute Gasteiger partial charge is 0.457 e. The Morgan fingerprint density at radius 2 is 2.08 bits per heavy atom. The van der Waals surface area contributed by atoms with Crippen LogP contribution >= 0.6 is 0 Å². The molecule has 4 rings (SSSR count). The highest BCUT2D eigenvalue weighted by Crippen LogP contribution is 2.19. The number of nitrogens with zero attached hydrogens (tertiary/aromatic N) is 2. The van der Waals surface area contributed by atoms with Crippen molar-refractivity contribution >= 4 is 28.6 Å². The molecule has 1 amide bonds. The fourth-order valence-corrected chi connectivity index (χ4v) is 2.72. The first kappa shape index (κ1) is 15.2. The summed E-state index contributed by atoms with van der Waals surface area (Å²) in [4.78, 5) is 16.4. The summed E-state index contributed by atoms with van der Waals surface area (Å²) in [5.41, 5.74) is 2.68. The Bertz CT molecular complexity index is 993. The van der Waals surface area contributed by atoms with Gasteiger partial charge in [-0.3, -0.25) is 4.79 Å². The van der Waals surface area contributed by atoms with Crippen molar-refractivity contribution in [2.45, 2.75) is 6.42 Å². The molecule has 0 bridgehead atoms. The molecule has 3 heterocycles. The summed E-state index contributed by atoms with van der Waals surface area (Å²) in [6.45, 7) is 0.535. The Morgan fingerprint density at radius 3 is 2.96 bits per heavy atom. The van der Waals surface area contributed by atoms with Crippen LogP contribution < -0.4 is 5.32 Å². The topological polar surface area (TPSA) is 59.5 Å². The molecular formula is C20H17N3O2. The highest BCUT2D eigenvalue weighted by atomic mass is 16.3. The molecule has 4 aromatic rings. The lowest BCUT2D eigenvalue weighted by Gasteiger charge is -1.99. The Hall–Kier alpha value is -3.34. The van der Waals surface area contributed by atoms with E-state index in [4.69, 9.17) is 4.42 Å². The number of carbonyl (C=O) groups is 1. The lowest BCUT2D eigenvalue weighted by Crippen LogP contribution is -2.23. The van der Waals surface area contributed by atoms with E-state index < -0.39 is 0 Å². The van der Waals surface area contributed by atoms with E-state index in [1.165, 1.54) is 6.08 Å². The number of para-hydroxylation sites is 1. The van der Waals surface area contributed by atoms with E-state index in [1.807, 2.05) is 65.3 Å². The van der Waals surface area contributed by atoms with Crippen molar-refractivity contribution in [1.29, 1.82) is 0 Å². The van der Waals surface area contributed by atoms with Crippen molar-refractivity contribution in [3.05, 3.63) is 78.5 Å². The van der Waals surface area contributed by atoms with Gasteiger partial charge in [-0.1, -0.05) is 24.3 Å². The molecule has 0 saturated heterocycles. The van der Waals surface area contributed by atoms with Crippen molar-refractivity contribution in [2.24, 2.45) is 0 Å². The molecule has 0 saturated carbocycles. The number of amides is 1. The van der Waals surface area contributed by atoms with Gasteiger partial charge in [0, 0.05) is 36.8 Å². The maximum Gasteiger partial charge on any atom is 0.244 e. The molecule has 0 fully saturated rings. The number of imidazole rings is 1. The number of hydrogen-bond donors (Lipinski definition) is 1. The minimum absolute atomic E-state index is 0.149. The molecule has 0 unspecified atom stereocenters. The van der Waals surface area contributed by atoms with Crippen LogP contribution in [0, 0.1) is 0 Å². The average molecular weight is 331 g/mol. The number of pyridine rings is 1. The number of hydrogen-bond acceptors (Lipinski definition) is 3. The fraction of sp³-hybridized carbons (Fsp3) is 0.100. The first-order valence-electron chi connectivity index (χ1n) is 8.15. The number of nitrogens with one attached hydrogen (secondary N) is 1. The molecule has 1 aromatic carbocycles. The first-order valence-corrected chi connectivity index (χ1v) is 8.15. The molecule has 0 aliphatic rings. The molecule has 0 radical (unpaired) electrons. The predicted molar refractivity (Wildman–Crippen MR) is 97.2 cm³/mol. The van der Waals surface area contributed by atoms with Crippen molar-refractivity contribution < 1.29 is 9.21 Å². The monoisotopic (exact) mass is 331 g/mol. The van der Waals surface area contributed by atoms with E-state index in [0.717, 1.165) is 22.3 Å². The summed E-state index contributed by atoms with van der Waals surface area (Å²) in [6, 6.07) is 15.5. The van der Waals surface area contributed by atoms with Gasteiger partial charge in [0.2, 0.25) is 5.91 Å². The van der Waals surface area contributed by atoms with Gasteiger partial charge in [-0.25, -0.2) is 4.98 Å². The number of fused-ring (bicyclic) bond motifs is 2. The summed E-state index contributed by atoms with van der Waals surface area (Å²) in [6.07, 6.45) is 7.79. The summed E-state index contributed by atoms with van der Waals surface area (Å²) < 4.78 is 7.62. The highest BCUT2D eigenvalue weighted by molar-refractivity contribution is 5.92. The van der Waals surface area contributed by atoms with Crippen LogP contribution in [0.15, 0.2) is 71.4 Å². The third kappa shape index (κ3) is 3.45. The van der Waals surface area contributed by atoms with Crippen LogP contribution in [0.25, 0.3) is 22.7 Å². The van der Waals surface area contributed by atoms with E-state index in [1.54, 1.807) is 6.08 Å². The molecule has 3 aromatic heterocycles. The van der Waals surface area contributed by atoms with Gasteiger partial charge < -0.3 is 14.1 Å². The standard InChI is InChI=1S/C20H17N3O2/c24-20(9-8-17-13-15-5-1-2-6-18(15)25-17)21-11-10-16-14-23-12-4-3-7-19(23)22-16/h1-9,12-14H,10-11H2,(H,21,24)/b9-8+. The summed E-state index contributed by atoms with van der Waals surface area (Å²) in [5, 5.41) is 3.89. The predicted octanol–water partition coefficient (Wildman–Crippen LogP) is 3.45. The van der Waals surface area contributed by atoms with E-state index in [9.17, 15) is 4.79 Å². The molecule has 1 N–H and O–H groups in total. The second-order valence-electron chi connectivity index (χ2n) is 5.76. The minimum Gasteiger partial charge on any atom is -0.457 e. The van der Waals surface area contributed by atoms with Gasteiger partial charge in [0.1, 0.15) is 17.0 Å². The van der Waals surface area contributed by atoms with E-state index in [2.05, 4.69) is 10.3 Å². The van der Waals surface area contributed by atoms with Gasteiger partial charge in [-0.05, 0) is 30.3 Å². The van der Waals surface area contributed by atoms with Gasteiger partial charge >= 0.3 is 0 Å². The Kier molecular flexibility index (Phi) is 4.04. The second-order valence-corrected chi connectivity index (χ2v) is 5.76. The Morgan fingerprint density at radius 1 is 1.20 bits per heavy atom. The lowest BCUT2D eigenvalue weighted by molar-refractivity contribution is -0.116. The smallest absolute Gasteiger partial charge is 0.244 e. The van der Waals surface area contributed by atoms with Crippen molar-refractivity contribution in [1.82, 2.24) is 14.7 Å². The quantitative estimate of drug-likeness (QED) is 0.570. The van der Waals surface area contributed by atoms with Gasteiger partial charge in [-0.2, -0.15) is 0 Å². The van der Waals surface area contributed by atoms with Crippen LogP contribution in [0.1, 0.15) is 11.5 Å². The van der Waals surface area contributed by atoms with Crippen LogP contribution in [0.2, 0.25) is 0 Å². The summed E-state index contributed by atoms with van der Waals surface area (Å²) in [7, 11) is 0. The Balaban J connectivity index is 1.32. The third-order valence-electron chi connectivity index (χ3n) is 3.94. The molecule has 0 aliphatic heterocycles. The van der Waals surface area contributed by atoms with Crippen LogP contribution in [-0.2, 0) is 11.2 Å². The molecule has 5 nitrogen and oxygen atoms in total. The van der Waals surface area contributed by atoms with Gasteiger partial charge in [0.15, 0.2) is 0 Å². The maximum absolute atomic E-state index is 11.9. The van der Waals surface area contributed by atoms with Crippen LogP contribution in [0.3, 0.4) is 0 Å². The van der Waals surface area contributed by atoms with Crippen molar-refractivity contribution in [3.63, 3.8) is 0 Å². The van der Waals surface area contributed by atoms with Gasteiger partial charge in [0.25, 0.3) is 0 Å². The molecule has 124 valence electrons. The van der Waals surface area contributed by atoms with E-state index >= 15 is 0 Å². The summed E-state index contributed by atoms with van der Waals surface area (Å²) >= 11 is 0. The number of carbonyl (C=O) groups excluding carboxylic acids is 1. The number of aromatic nitrogens is 2. The van der Waals surface area contributed by atoms with E-state index in [0.29, 0.717) is 18.7 Å². The van der Waals surface area contributed by atoms with Crippen LogP contribution in [0.5, 0.6) is 0 Å². The minimum atomic E-state index is -0.149. The fourth-order valence-electron chi connectivity index (χ4n) is 2.72. The maximum atomic E-state index is 11.9. The zero-order chi connectivity index (χ0) is 17.1. The third-order valence-corrected chi connectivity index (χ3v) is 3.94. The van der Waals surface area contributed by atoms with Crippen molar-refractivity contribution in [3.8, 4) is 0 Å². The molecule has 0 aliphatic carbocycles. The van der Waals surface area contributed by atoms with Crippen LogP contribution in [0.4, 0.5) is 0 Å².